The maximum absolute atomic E-state index is 12.6. The molecule has 0 aromatic heterocycles. The van der Waals surface area contributed by atoms with Gasteiger partial charge in [0.15, 0.2) is 5.76 Å². The fraction of sp³-hybridized carbons (Fsp3) is 0.438. The predicted octanol–water partition coefficient (Wildman–Crippen LogP) is 2.60. The number of halogens is 3. The molecule has 1 aliphatic heterocycles. The SMILES string of the molecule is COC(=CC1CCN(S(=O)(=O)c2ccc(OC(F)(F)F)cc2)CC1)C(=O)O. The van der Waals surface area contributed by atoms with Crippen LogP contribution in [0.25, 0.3) is 0 Å². The molecule has 27 heavy (non-hydrogen) atoms. The molecule has 1 N–H and O–H groups in total. The van der Waals surface area contributed by atoms with E-state index in [0.717, 1.165) is 24.3 Å². The lowest BCUT2D eigenvalue weighted by Crippen LogP contribution is -2.38. The normalized spacial score (nSPS) is 17.6. The molecule has 0 spiro atoms. The first-order valence-electron chi connectivity index (χ1n) is 7.88. The maximum Gasteiger partial charge on any atom is 0.573 e. The maximum atomic E-state index is 12.6. The molecule has 0 radical (unpaired) electrons. The van der Waals surface area contributed by atoms with Crippen molar-refractivity contribution in [2.45, 2.75) is 24.1 Å². The van der Waals surface area contributed by atoms with Crippen LogP contribution in [0, 0.1) is 5.92 Å². The van der Waals surface area contributed by atoms with E-state index in [1.807, 2.05) is 0 Å². The molecule has 7 nitrogen and oxygen atoms in total. The van der Waals surface area contributed by atoms with Gasteiger partial charge in [-0.15, -0.1) is 13.2 Å². The standard InChI is InChI=1S/C16H18F3NO6S/c1-25-14(15(21)22)10-11-6-8-20(9-7-11)27(23,24)13-4-2-12(3-5-13)26-16(17,18)19/h2-5,10-11H,6-9H2,1H3,(H,21,22). The van der Waals surface area contributed by atoms with Crippen LogP contribution in [0.15, 0.2) is 41.0 Å². The quantitative estimate of drug-likeness (QED) is 0.574. The van der Waals surface area contributed by atoms with Crippen LogP contribution in [0.2, 0.25) is 0 Å². The Balaban J connectivity index is 2.05. The summed E-state index contributed by atoms with van der Waals surface area (Å²) in [6.07, 6.45) is -2.61. The smallest absolute Gasteiger partial charge is 0.490 e. The number of allylic oxidation sites excluding steroid dienone is 1. The second kappa shape index (κ2) is 8.17. The molecule has 0 atom stereocenters. The molecule has 0 saturated carbocycles. The summed E-state index contributed by atoms with van der Waals surface area (Å²) in [6.45, 7) is 0.307. The predicted molar refractivity (Wildman–Crippen MR) is 87.3 cm³/mol. The third kappa shape index (κ3) is 5.60. The molecule has 2 rings (SSSR count). The van der Waals surface area contributed by atoms with Gasteiger partial charge in [-0.1, -0.05) is 0 Å². The zero-order valence-electron chi connectivity index (χ0n) is 14.3. The van der Waals surface area contributed by atoms with Crippen molar-refractivity contribution >= 4 is 16.0 Å². The van der Waals surface area contributed by atoms with Crippen LogP contribution < -0.4 is 4.74 Å². The van der Waals surface area contributed by atoms with E-state index >= 15 is 0 Å². The first kappa shape index (κ1) is 21.0. The van der Waals surface area contributed by atoms with Gasteiger partial charge >= 0.3 is 12.3 Å². The van der Waals surface area contributed by atoms with Gasteiger partial charge in [0.2, 0.25) is 10.0 Å². The number of aliphatic carboxylic acids is 1. The third-order valence-corrected chi connectivity index (χ3v) is 5.92. The molecule has 11 heteroatoms. The highest BCUT2D eigenvalue weighted by Gasteiger charge is 2.32. The third-order valence-electron chi connectivity index (χ3n) is 4.01. The minimum absolute atomic E-state index is 0.144. The van der Waals surface area contributed by atoms with Gasteiger partial charge in [0, 0.05) is 13.1 Å². The molecule has 1 saturated heterocycles. The van der Waals surface area contributed by atoms with Crippen molar-refractivity contribution in [2.75, 3.05) is 20.2 Å². The van der Waals surface area contributed by atoms with Crippen LogP contribution in [0.5, 0.6) is 5.75 Å². The Labute approximate surface area is 154 Å². The van der Waals surface area contributed by atoms with Crippen LogP contribution in [-0.4, -0.2) is 50.4 Å². The highest BCUT2D eigenvalue weighted by molar-refractivity contribution is 7.89. The van der Waals surface area contributed by atoms with Crippen molar-refractivity contribution in [1.29, 1.82) is 0 Å². The van der Waals surface area contributed by atoms with Gasteiger partial charge in [0.05, 0.1) is 12.0 Å². The van der Waals surface area contributed by atoms with Crippen molar-refractivity contribution in [3.8, 4) is 5.75 Å². The number of carbonyl (C=O) groups is 1. The number of hydrogen-bond acceptors (Lipinski definition) is 5. The lowest BCUT2D eigenvalue weighted by atomic mass is 9.97. The second-order valence-corrected chi connectivity index (χ2v) is 7.74. The highest BCUT2D eigenvalue weighted by Crippen LogP contribution is 2.28. The van der Waals surface area contributed by atoms with Crippen molar-refractivity contribution in [3.63, 3.8) is 0 Å². The second-order valence-electron chi connectivity index (χ2n) is 5.80. The minimum Gasteiger partial charge on any atom is -0.490 e. The molecule has 1 fully saturated rings. The molecule has 0 bridgehead atoms. The molecular formula is C16H18F3NO6S. The van der Waals surface area contributed by atoms with E-state index in [9.17, 15) is 26.4 Å². The van der Waals surface area contributed by atoms with Crippen LogP contribution in [0.1, 0.15) is 12.8 Å². The Bertz CT molecular complexity index is 796. The van der Waals surface area contributed by atoms with E-state index < -0.39 is 28.1 Å². The molecule has 1 aliphatic rings. The first-order valence-corrected chi connectivity index (χ1v) is 9.32. The van der Waals surface area contributed by atoms with E-state index in [4.69, 9.17) is 9.84 Å². The summed E-state index contributed by atoms with van der Waals surface area (Å²) in [6, 6.07) is 3.98. The Morgan fingerprint density at radius 3 is 2.22 bits per heavy atom. The number of piperidine rings is 1. The van der Waals surface area contributed by atoms with Gasteiger partial charge in [-0.2, -0.15) is 4.31 Å². The van der Waals surface area contributed by atoms with Gasteiger partial charge in [-0.25, -0.2) is 13.2 Å². The van der Waals surface area contributed by atoms with Gasteiger partial charge in [-0.05, 0) is 49.1 Å². The number of rotatable bonds is 6. The summed E-state index contributed by atoms with van der Waals surface area (Å²) in [7, 11) is -2.63. The average molecular weight is 409 g/mol. The summed E-state index contributed by atoms with van der Waals surface area (Å²) in [4.78, 5) is 10.8. The van der Waals surface area contributed by atoms with E-state index in [2.05, 4.69) is 4.74 Å². The van der Waals surface area contributed by atoms with Gasteiger partial charge < -0.3 is 14.6 Å². The molecule has 1 heterocycles. The average Bonchev–Trinajstić information content (AvgIpc) is 2.59. The lowest BCUT2D eigenvalue weighted by Gasteiger charge is -2.30. The molecule has 0 unspecified atom stereocenters. The fourth-order valence-electron chi connectivity index (χ4n) is 2.69. The molecule has 0 amide bonds. The zero-order valence-corrected chi connectivity index (χ0v) is 15.1. The summed E-state index contributed by atoms with van der Waals surface area (Å²) < 4.78 is 71.4. The van der Waals surface area contributed by atoms with Crippen molar-refractivity contribution < 1.29 is 41.0 Å². The molecule has 150 valence electrons. The van der Waals surface area contributed by atoms with Gasteiger partial charge in [0.25, 0.3) is 0 Å². The number of carboxylic acid groups (broad SMARTS) is 1. The van der Waals surface area contributed by atoms with E-state index in [1.54, 1.807) is 0 Å². The van der Waals surface area contributed by atoms with Gasteiger partial charge in [-0.3, -0.25) is 0 Å². The number of benzene rings is 1. The van der Waals surface area contributed by atoms with Crippen LogP contribution in [0.4, 0.5) is 13.2 Å². The summed E-state index contributed by atoms with van der Waals surface area (Å²) in [5, 5.41) is 8.95. The van der Waals surface area contributed by atoms with E-state index in [1.165, 1.54) is 17.5 Å². The van der Waals surface area contributed by atoms with Crippen LogP contribution >= 0.6 is 0 Å². The Hall–Kier alpha value is -2.27. The number of nitrogens with zero attached hydrogens (tertiary/aromatic N) is 1. The monoisotopic (exact) mass is 409 g/mol. The summed E-state index contributed by atoms with van der Waals surface area (Å²) in [5.41, 5.74) is 0. The number of ether oxygens (including phenoxy) is 2. The minimum atomic E-state index is -4.85. The number of hydrogen-bond donors (Lipinski definition) is 1. The fourth-order valence-corrected chi connectivity index (χ4v) is 4.16. The van der Waals surface area contributed by atoms with Crippen molar-refractivity contribution in [3.05, 3.63) is 36.1 Å². The molecular weight excluding hydrogens is 391 g/mol. The molecule has 0 aliphatic carbocycles. The lowest BCUT2D eigenvalue weighted by molar-refractivity contribution is -0.274. The van der Waals surface area contributed by atoms with Gasteiger partial charge in [0.1, 0.15) is 5.75 Å². The van der Waals surface area contributed by atoms with E-state index in [-0.39, 0.29) is 29.7 Å². The zero-order chi connectivity index (χ0) is 20.2. The topological polar surface area (TPSA) is 93.1 Å². The Kier molecular flexibility index (Phi) is 6.37. The number of alkyl halides is 3. The number of carboxylic acids is 1. The first-order chi connectivity index (χ1) is 12.5. The van der Waals surface area contributed by atoms with Crippen molar-refractivity contribution in [2.24, 2.45) is 5.92 Å². The number of methoxy groups -OCH3 is 1. The summed E-state index contributed by atoms with van der Waals surface area (Å²) >= 11 is 0. The molecule has 1 aromatic rings. The highest BCUT2D eigenvalue weighted by atomic mass is 32.2. The van der Waals surface area contributed by atoms with E-state index in [0.29, 0.717) is 12.8 Å². The molecule has 1 aromatic carbocycles. The number of sulfonamides is 1. The largest absolute Gasteiger partial charge is 0.573 e. The van der Waals surface area contributed by atoms with Crippen LogP contribution in [0.3, 0.4) is 0 Å². The summed E-state index contributed by atoms with van der Waals surface area (Å²) in [5.74, 6) is -2.05. The Morgan fingerprint density at radius 1 is 1.22 bits per heavy atom. The van der Waals surface area contributed by atoms with Crippen LogP contribution in [-0.2, 0) is 19.6 Å². The Morgan fingerprint density at radius 2 is 1.78 bits per heavy atom. The van der Waals surface area contributed by atoms with Crippen molar-refractivity contribution in [1.82, 2.24) is 4.31 Å².